The molecule has 2 nitrogen and oxygen atoms in total. The second kappa shape index (κ2) is 3.59. The highest BCUT2D eigenvalue weighted by Gasteiger charge is 1.93. The molecule has 1 aromatic carbocycles. The molecule has 60 valence electrons. The molecule has 0 unspecified atom stereocenters. The highest BCUT2D eigenvalue weighted by Crippen LogP contribution is 2.10. The Morgan fingerprint density at radius 1 is 1.50 bits per heavy atom. The maximum absolute atomic E-state index is 9.97. The molecular weight excluding hydrogens is 150 g/mol. The van der Waals surface area contributed by atoms with E-state index in [-0.39, 0.29) is 0 Å². The van der Waals surface area contributed by atoms with Crippen molar-refractivity contribution in [1.82, 2.24) is 0 Å². The lowest BCUT2D eigenvalue weighted by atomic mass is 10.1. The second-order valence-corrected chi connectivity index (χ2v) is 2.46. The highest BCUT2D eigenvalue weighted by atomic mass is 16.1. The molecule has 0 radical (unpaired) electrons. The van der Waals surface area contributed by atoms with Gasteiger partial charge >= 0.3 is 0 Å². The van der Waals surface area contributed by atoms with Crippen molar-refractivity contribution in [1.29, 1.82) is 0 Å². The minimum atomic E-state index is 0.572. The fraction of sp³-hybridized carbons (Fsp3) is 0.100. The smallest absolute Gasteiger partial charge is 0.193 e. The summed E-state index contributed by atoms with van der Waals surface area (Å²) in [6.45, 7) is 1.92. The van der Waals surface area contributed by atoms with Gasteiger partial charge in [-0.3, -0.25) is 4.79 Å². The average molecular weight is 159 g/mol. The van der Waals surface area contributed by atoms with Crippen LogP contribution in [0.15, 0.2) is 18.2 Å². The van der Waals surface area contributed by atoms with Crippen LogP contribution in [0, 0.1) is 18.8 Å². The Balaban J connectivity index is 3.13. The Morgan fingerprint density at radius 2 is 2.25 bits per heavy atom. The Morgan fingerprint density at radius 3 is 2.92 bits per heavy atom. The van der Waals surface area contributed by atoms with Gasteiger partial charge in [0.15, 0.2) is 6.29 Å². The zero-order valence-corrected chi connectivity index (χ0v) is 6.79. The normalized spacial score (nSPS) is 8.42. The van der Waals surface area contributed by atoms with E-state index in [4.69, 9.17) is 5.73 Å². The summed E-state index contributed by atoms with van der Waals surface area (Å²) in [6, 6.07) is 5.44. The fourth-order valence-corrected chi connectivity index (χ4v) is 0.882. The van der Waals surface area contributed by atoms with Crippen molar-refractivity contribution in [3.63, 3.8) is 0 Å². The third-order valence-electron chi connectivity index (χ3n) is 1.53. The van der Waals surface area contributed by atoms with E-state index < -0.39 is 0 Å². The van der Waals surface area contributed by atoms with Gasteiger partial charge in [-0.2, -0.15) is 0 Å². The summed E-state index contributed by atoms with van der Waals surface area (Å²) in [6.07, 6.45) is 0.572. The van der Waals surface area contributed by atoms with Crippen LogP contribution < -0.4 is 5.73 Å². The third kappa shape index (κ3) is 1.86. The first-order chi connectivity index (χ1) is 5.74. The van der Waals surface area contributed by atoms with Crippen molar-refractivity contribution >= 4 is 12.0 Å². The lowest BCUT2D eigenvalue weighted by molar-refractivity contribution is -0.103. The summed E-state index contributed by atoms with van der Waals surface area (Å²) in [4.78, 5) is 9.97. The maximum Gasteiger partial charge on any atom is 0.193 e. The van der Waals surface area contributed by atoms with Crippen LogP contribution in [0.5, 0.6) is 0 Å². The lowest BCUT2D eigenvalue weighted by Crippen LogP contribution is -1.88. The minimum absolute atomic E-state index is 0.572. The molecule has 2 N–H and O–H groups in total. The van der Waals surface area contributed by atoms with E-state index in [1.54, 1.807) is 12.1 Å². The Hall–Kier alpha value is -1.75. The molecule has 0 atom stereocenters. The van der Waals surface area contributed by atoms with Crippen molar-refractivity contribution in [2.24, 2.45) is 0 Å². The quantitative estimate of drug-likeness (QED) is 0.350. The maximum atomic E-state index is 9.97. The number of hydrogen-bond donors (Lipinski definition) is 1. The molecule has 1 aromatic rings. The number of nitrogen functional groups attached to an aromatic ring is 1. The summed E-state index contributed by atoms with van der Waals surface area (Å²) in [7, 11) is 0. The predicted molar refractivity (Wildman–Crippen MR) is 48.5 cm³/mol. The van der Waals surface area contributed by atoms with Gasteiger partial charge in [-0.1, -0.05) is 12.0 Å². The van der Waals surface area contributed by atoms with E-state index in [0.717, 1.165) is 11.1 Å². The van der Waals surface area contributed by atoms with Gasteiger partial charge < -0.3 is 5.73 Å². The van der Waals surface area contributed by atoms with E-state index in [9.17, 15) is 4.79 Å². The lowest BCUT2D eigenvalue weighted by Gasteiger charge is -1.98. The third-order valence-corrected chi connectivity index (χ3v) is 1.53. The first kappa shape index (κ1) is 8.35. The summed E-state index contributed by atoms with van der Waals surface area (Å²) in [5, 5.41) is 0. The van der Waals surface area contributed by atoms with Crippen molar-refractivity contribution in [2.45, 2.75) is 6.92 Å². The Labute approximate surface area is 71.4 Å². The largest absolute Gasteiger partial charge is 0.399 e. The van der Waals surface area contributed by atoms with Crippen LogP contribution in [0.25, 0.3) is 0 Å². The Kier molecular flexibility index (Phi) is 2.49. The first-order valence-electron chi connectivity index (χ1n) is 3.55. The SMILES string of the molecule is Cc1ccc(N)cc1C#CC=O. The van der Waals surface area contributed by atoms with Gasteiger partial charge in [0, 0.05) is 11.3 Å². The van der Waals surface area contributed by atoms with Gasteiger partial charge in [-0.05, 0) is 30.5 Å². The van der Waals surface area contributed by atoms with Crippen LogP contribution in [0.3, 0.4) is 0 Å². The van der Waals surface area contributed by atoms with E-state index in [0.29, 0.717) is 12.0 Å². The number of carbonyl (C=O) groups excluding carboxylic acids is 1. The van der Waals surface area contributed by atoms with E-state index in [1.807, 2.05) is 13.0 Å². The Bertz CT molecular complexity index is 358. The molecule has 0 saturated carbocycles. The fourth-order valence-electron chi connectivity index (χ4n) is 0.882. The number of benzene rings is 1. The van der Waals surface area contributed by atoms with Gasteiger partial charge in [0.25, 0.3) is 0 Å². The summed E-state index contributed by atoms with van der Waals surface area (Å²) in [5.74, 6) is 5.05. The van der Waals surface area contributed by atoms with Crippen LogP contribution in [0.2, 0.25) is 0 Å². The van der Waals surface area contributed by atoms with Gasteiger partial charge in [-0.25, -0.2) is 0 Å². The van der Waals surface area contributed by atoms with Gasteiger partial charge in [0.2, 0.25) is 0 Å². The zero-order valence-electron chi connectivity index (χ0n) is 6.79. The number of aryl methyl sites for hydroxylation is 1. The number of anilines is 1. The summed E-state index contributed by atoms with van der Waals surface area (Å²) >= 11 is 0. The monoisotopic (exact) mass is 159 g/mol. The molecule has 0 amide bonds. The van der Waals surface area contributed by atoms with E-state index in [1.165, 1.54) is 0 Å². The molecule has 0 saturated heterocycles. The molecule has 2 heteroatoms. The van der Waals surface area contributed by atoms with Crippen molar-refractivity contribution in [3.8, 4) is 11.8 Å². The number of rotatable bonds is 0. The molecule has 0 aromatic heterocycles. The van der Waals surface area contributed by atoms with Crippen LogP contribution in [-0.2, 0) is 4.79 Å². The molecule has 0 aliphatic carbocycles. The highest BCUT2D eigenvalue weighted by molar-refractivity contribution is 5.74. The number of nitrogens with two attached hydrogens (primary N) is 1. The molecule has 0 heterocycles. The average Bonchev–Trinajstić information content (AvgIpc) is 2.07. The first-order valence-corrected chi connectivity index (χ1v) is 3.55. The van der Waals surface area contributed by atoms with E-state index in [2.05, 4.69) is 11.8 Å². The van der Waals surface area contributed by atoms with E-state index >= 15 is 0 Å². The molecule has 0 aliphatic heterocycles. The number of aldehydes is 1. The van der Waals surface area contributed by atoms with Crippen LogP contribution in [-0.4, -0.2) is 6.29 Å². The molecule has 12 heavy (non-hydrogen) atoms. The number of carbonyl (C=O) groups is 1. The van der Waals surface area contributed by atoms with Crippen LogP contribution >= 0.6 is 0 Å². The molecule has 0 aliphatic rings. The minimum Gasteiger partial charge on any atom is -0.399 e. The molecule has 1 rings (SSSR count). The number of hydrogen-bond acceptors (Lipinski definition) is 2. The topological polar surface area (TPSA) is 43.1 Å². The summed E-state index contributed by atoms with van der Waals surface area (Å²) in [5.41, 5.74) is 8.04. The molecule has 0 fully saturated rings. The predicted octanol–water partition coefficient (Wildman–Crippen LogP) is 1.13. The second-order valence-electron chi connectivity index (χ2n) is 2.46. The van der Waals surface area contributed by atoms with Gasteiger partial charge in [-0.15, -0.1) is 0 Å². The molecule has 0 bridgehead atoms. The van der Waals surface area contributed by atoms with Gasteiger partial charge in [0.1, 0.15) is 0 Å². The zero-order chi connectivity index (χ0) is 8.97. The van der Waals surface area contributed by atoms with Crippen LogP contribution in [0.4, 0.5) is 5.69 Å². The van der Waals surface area contributed by atoms with Crippen molar-refractivity contribution < 1.29 is 4.79 Å². The molecule has 0 spiro atoms. The van der Waals surface area contributed by atoms with Crippen LogP contribution in [0.1, 0.15) is 11.1 Å². The standard InChI is InChI=1S/C10H9NO/c1-8-4-5-10(11)7-9(8)3-2-6-12/h4-7H,11H2,1H3. The summed E-state index contributed by atoms with van der Waals surface area (Å²) < 4.78 is 0. The molecular formula is C10H9NO. The van der Waals surface area contributed by atoms with Gasteiger partial charge in [0.05, 0.1) is 0 Å². The van der Waals surface area contributed by atoms with Crippen molar-refractivity contribution in [2.75, 3.05) is 5.73 Å². The van der Waals surface area contributed by atoms with Crippen molar-refractivity contribution in [3.05, 3.63) is 29.3 Å².